The molecule has 1 aromatic rings. The van der Waals surface area contributed by atoms with Gasteiger partial charge in [0.25, 0.3) is 0 Å². The Morgan fingerprint density at radius 2 is 2.00 bits per heavy atom. The van der Waals surface area contributed by atoms with E-state index in [1.54, 1.807) is 7.11 Å². The second-order valence-electron chi connectivity index (χ2n) is 6.40. The summed E-state index contributed by atoms with van der Waals surface area (Å²) in [5.41, 5.74) is 1.95. The molecule has 0 aliphatic heterocycles. The first kappa shape index (κ1) is 13.9. The van der Waals surface area contributed by atoms with Gasteiger partial charge in [0, 0.05) is 12.0 Å². The summed E-state index contributed by atoms with van der Waals surface area (Å²) in [6, 6.07) is 6.30. The third-order valence-corrected chi connectivity index (χ3v) is 5.37. The van der Waals surface area contributed by atoms with Crippen LogP contribution in [-0.4, -0.2) is 31.4 Å². The molecule has 2 aliphatic rings. The Balaban J connectivity index is 2.01. The van der Waals surface area contributed by atoms with Gasteiger partial charge < -0.3 is 15.2 Å². The van der Waals surface area contributed by atoms with Crippen molar-refractivity contribution in [3.8, 4) is 5.75 Å². The molecule has 0 bridgehead atoms. The molecule has 0 saturated heterocycles. The number of hydrogen-bond acceptors (Lipinski definition) is 3. The lowest BCUT2D eigenvalue weighted by molar-refractivity contribution is -0.0781. The summed E-state index contributed by atoms with van der Waals surface area (Å²) in [6.07, 6.45) is 6.35. The first-order valence-electron chi connectivity index (χ1n) is 7.70. The standard InChI is InChI=1S/C17H25NO2/c1-18-12-16(17(19)8-4-3-5-9-17)11-13-6-7-14(20-2)10-15(13)16/h6-7,10,18-19H,3-5,8-9,11-12H2,1-2H3. The number of fused-ring (bicyclic) bond motifs is 1. The van der Waals surface area contributed by atoms with Crippen molar-refractivity contribution >= 4 is 0 Å². The van der Waals surface area contributed by atoms with Crippen LogP contribution in [0.5, 0.6) is 5.75 Å². The summed E-state index contributed by atoms with van der Waals surface area (Å²) in [5, 5.41) is 14.6. The molecule has 1 atom stereocenters. The number of likely N-dealkylation sites (N-methyl/N-ethyl adjacent to an activating group) is 1. The largest absolute Gasteiger partial charge is 0.497 e. The third kappa shape index (κ3) is 1.87. The van der Waals surface area contributed by atoms with Gasteiger partial charge in [-0.2, -0.15) is 0 Å². The molecule has 1 saturated carbocycles. The average Bonchev–Trinajstić information content (AvgIpc) is 2.45. The van der Waals surface area contributed by atoms with Crippen LogP contribution < -0.4 is 10.1 Å². The number of ether oxygens (including phenoxy) is 1. The van der Waals surface area contributed by atoms with E-state index in [0.29, 0.717) is 0 Å². The molecular formula is C17H25NO2. The highest BCUT2D eigenvalue weighted by molar-refractivity contribution is 5.52. The maximum Gasteiger partial charge on any atom is 0.119 e. The zero-order chi connectivity index (χ0) is 14.2. The van der Waals surface area contributed by atoms with E-state index in [0.717, 1.165) is 44.4 Å². The Kier molecular flexibility index (Phi) is 3.51. The van der Waals surface area contributed by atoms with Crippen LogP contribution in [0.15, 0.2) is 18.2 Å². The molecule has 0 radical (unpaired) electrons. The molecule has 3 nitrogen and oxygen atoms in total. The van der Waals surface area contributed by atoms with Gasteiger partial charge in [0.2, 0.25) is 0 Å². The maximum atomic E-state index is 11.3. The second kappa shape index (κ2) is 5.05. The maximum absolute atomic E-state index is 11.3. The van der Waals surface area contributed by atoms with E-state index < -0.39 is 5.60 Å². The molecule has 3 heteroatoms. The van der Waals surface area contributed by atoms with E-state index in [1.165, 1.54) is 17.5 Å². The predicted molar refractivity (Wildman–Crippen MR) is 80.3 cm³/mol. The number of benzene rings is 1. The van der Waals surface area contributed by atoms with Crippen molar-refractivity contribution in [1.82, 2.24) is 5.32 Å². The van der Waals surface area contributed by atoms with E-state index in [-0.39, 0.29) is 5.41 Å². The highest BCUT2D eigenvalue weighted by Crippen LogP contribution is 2.53. The molecule has 0 heterocycles. The molecule has 2 N–H and O–H groups in total. The summed E-state index contributed by atoms with van der Waals surface area (Å²) in [7, 11) is 3.68. The normalized spacial score (nSPS) is 27.6. The fourth-order valence-corrected chi connectivity index (χ4v) is 4.25. The van der Waals surface area contributed by atoms with Crippen LogP contribution in [0.3, 0.4) is 0 Å². The van der Waals surface area contributed by atoms with Crippen molar-refractivity contribution < 1.29 is 9.84 Å². The zero-order valence-corrected chi connectivity index (χ0v) is 12.5. The molecule has 3 rings (SSSR count). The SMILES string of the molecule is CNCC1(C2(O)CCCCC2)Cc2ccc(OC)cc21. The average molecular weight is 275 g/mol. The summed E-state index contributed by atoms with van der Waals surface area (Å²) < 4.78 is 5.37. The Labute approximate surface area is 121 Å². The van der Waals surface area contributed by atoms with Crippen molar-refractivity contribution in [2.24, 2.45) is 0 Å². The lowest BCUT2D eigenvalue weighted by Gasteiger charge is -2.56. The van der Waals surface area contributed by atoms with Gasteiger partial charge in [-0.3, -0.25) is 0 Å². The second-order valence-corrected chi connectivity index (χ2v) is 6.40. The molecular weight excluding hydrogens is 250 g/mol. The number of hydrogen-bond donors (Lipinski definition) is 2. The first-order valence-corrected chi connectivity index (χ1v) is 7.70. The number of aliphatic hydroxyl groups is 1. The summed E-state index contributed by atoms with van der Waals surface area (Å²) in [4.78, 5) is 0. The number of rotatable bonds is 4. The van der Waals surface area contributed by atoms with E-state index in [4.69, 9.17) is 4.74 Å². The zero-order valence-electron chi connectivity index (χ0n) is 12.5. The molecule has 110 valence electrons. The number of nitrogens with one attached hydrogen (secondary N) is 1. The Hall–Kier alpha value is -1.06. The number of methoxy groups -OCH3 is 1. The quantitative estimate of drug-likeness (QED) is 0.886. The monoisotopic (exact) mass is 275 g/mol. The van der Waals surface area contributed by atoms with Crippen LogP contribution in [0, 0.1) is 0 Å². The summed E-state index contributed by atoms with van der Waals surface area (Å²) in [6.45, 7) is 0.837. The van der Waals surface area contributed by atoms with Gasteiger partial charge in [-0.15, -0.1) is 0 Å². The minimum Gasteiger partial charge on any atom is -0.497 e. The smallest absolute Gasteiger partial charge is 0.119 e. The van der Waals surface area contributed by atoms with Gasteiger partial charge in [0.05, 0.1) is 12.7 Å². The van der Waals surface area contributed by atoms with Crippen molar-refractivity contribution in [3.63, 3.8) is 0 Å². The van der Waals surface area contributed by atoms with E-state index in [2.05, 4.69) is 17.4 Å². The van der Waals surface area contributed by atoms with Gasteiger partial charge in [-0.1, -0.05) is 25.3 Å². The van der Waals surface area contributed by atoms with Crippen LogP contribution in [0.2, 0.25) is 0 Å². The van der Waals surface area contributed by atoms with Gasteiger partial charge in [-0.25, -0.2) is 0 Å². The molecule has 20 heavy (non-hydrogen) atoms. The van der Waals surface area contributed by atoms with Crippen LogP contribution in [-0.2, 0) is 11.8 Å². The van der Waals surface area contributed by atoms with Crippen molar-refractivity contribution in [1.29, 1.82) is 0 Å². The lowest BCUT2D eigenvalue weighted by Crippen LogP contribution is -2.63. The minimum atomic E-state index is -0.562. The van der Waals surface area contributed by atoms with E-state index >= 15 is 0 Å². The summed E-state index contributed by atoms with van der Waals surface area (Å²) >= 11 is 0. The van der Waals surface area contributed by atoms with Gasteiger partial charge in [-0.05, 0) is 49.6 Å². The Bertz CT molecular complexity index is 494. The van der Waals surface area contributed by atoms with Crippen molar-refractivity contribution in [2.45, 2.75) is 49.5 Å². The highest BCUT2D eigenvalue weighted by Gasteiger charge is 2.56. The molecule has 0 amide bonds. The molecule has 1 aromatic carbocycles. The lowest BCUT2D eigenvalue weighted by atomic mass is 9.52. The highest BCUT2D eigenvalue weighted by atomic mass is 16.5. The van der Waals surface area contributed by atoms with E-state index in [9.17, 15) is 5.11 Å². The predicted octanol–water partition coefficient (Wildman–Crippen LogP) is 2.40. The third-order valence-electron chi connectivity index (χ3n) is 5.37. The fraction of sp³-hybridized carbons (Fsp3) is 0.647. The van der Waals surface area contributed by atoms with Crippen LogP contribution in [0.1, 0.15) is 43.2 Å². The van der Waals surface area contributed by atoms with E-state index in [1.807, 2.05) is 13.1 Å². The van der Waals surface area contributed by atoms with Crippen molar-refractivity contribution in [2.75, 3.05) is 20.7 Å². The molecule has 1 unspecified atom stereocenters. The first-order chi connectivity index (χ1) is 9.65. The van der Waals surface area contributed by atoms with Crippen molar-refractivity contribution in [3.05, 3.63) is 29.3 Å². The van der Waals surface area contributed by atoms with Crippen LogP contribution in [0.25, 0.3) is 0 Å². The molecule has 0 aromatic heterocycles. The Morgan fingerprint density at radius 3 is 2.65 bits per heavy atom. The topological polar surface area (TPSA) is 41.5 Å². The van der Waals surface area contributed by atoms with Crippen LogP contribution >= 0.6 is 0 Å². The van der Waals surface area contributed by atoms with Gasteiger partial charge >= 0.3 is 0 Å². The fourth-order valence-electron chi connectivity index (χ4n) is 4.25. The van der Waals surface area contributed by atoms with Crippen LogP contribution in [0.4, 0.5) is 0 Å². The Morgan fingerprint density at radius 1 is 1.25 bits per heavy atom. The van der Waals surface area contributed by atoms with Gasteiger partial charge in [0.1, 0.15) is 5.75 Å². The molecule has 2 aliphatic carbocycles. The molecule has 0 spiro atoms. The minimum absolute atomic E-state index is 0.133. The molecule has 1 fully saturated rings. The summed E-state index contributed by atoms with van der Waals surface area (Å²) in [5.74, 6) is 0.892. The van der Waals surface area contributed by atoms with Gasteiger partial charge in [0.15, 0.2) is 0 Å².